The molecular formula is C14H25N3O2. The minimum atomic E-state index is 0.512. The van der Waals surface area contributed by atoms with E-state index in [2.05, 4.69) is 36.1 Å². The third-order valence-electron chi connectivity index (χ3n) is 2.83. The van der Waals surface area contributed by atoms with Crippen LogP contribution < -0.4 is 14.8 Å². The van der Waals surface area contributed by atoms with Gasteiger partial charge in [-0.25, -0.2) is 0 Å². The summed E-state index contributed by atoms with van der Waals surface area (Å²) in [6.45, 7) is 6.94. The molecule has 0 radical (unpaired) electrons. The number of pyridine rings is 1. The highest BCUT2D eigenvalue weighted by Crippen LogP contribution is 2.29. The monoisotopic (exact) mass is 267 g/mol. The largest absolute Gasteiger partial charge is 0.493 e. The lowest BCUT2D eigenvalue weighted by Gasteiger charge is -2.19. The van der Waals surface area contributed by atoms with E-state index >= 15 is 0 Å². The standard InChI is InChI=1S/C14H25N3O2/c1-11(2)15-8-9-17(3)10-12-14(19-5)13(18-4)6-7-16-12/h6-7,11,15H,8-10H2,1-5H3. The third-order valence-corrected chi connectivity index (χ3v) is 2.83. The maximum Gasteiger partial charge on any atom is 0.183 e. The Labute approximate surface area is 115 Å². The highest BCUT2D eigenvalue weighted by molar-refractivity contribution is 5.42. The SMILES string of the molecule is COc1ccnc(CN(C)CCNC(C)C)c1OC. The van der Waals surface area contributed by atoms with Gasteiger partial charge in [-0.1, -0.05) is 13.8 Å². The van der Waals surface area contributed by atoms with Gasteiger partial charge in [0.05, 0.1) is 14.2 Å². The molecule has 1 rings (SSSR count). The van der Waals surface area contributed by atoms with Crippen molar-refractivity contribution in [3.8, 4) is 11.5 Å². The smallest absolute Gasteiger partial charge is 0.183 e. The van der Waals surface area contributed by atoms with Crippen molar-refractivity contribution in [3.05, 3.63) is 18.0 Å². The van der Waals surface area contributed by atoms with Gasteiger partial charge in [0.1, 0.15) is 5.69 Å². The van der Waals surface area contributed by atoms with E-state index in [0.717, 1.165) is 31.1 Å². The summed E-state index contributed by atoms with van der Waals surface area (Å²) in [6.07, 6.45) is 1.75. The fraction of sp³-hybridized carbons (Fsp3) is 0.643. The number of nitrogens with one attached hydrogen (secondary N) is 1. The Balaban J connectivity index is 2.60. The first kappa shape index (κ1) is 15.7. The first-order valence-electron chi connectivity index (χ1n) is 6.56. The van der Waals surface area contributed by atoms with Crippen LogP contribution in [0.5, 0.6) is 11.5 Å². The maximum absolute atomic E-state index is 5.38. The van der Waals surface area contributed by atoms with Crippen LogP contribution in [0, 0.1) is 0 Å². The molecule has 0 aliphatic rings. The number of nitrogens with zero attached hydrogens (tertiary/aromatic N) is 2. The van der Waals surface area contributed by atoms with Crippen molar-refractivity contribution in [1.82, 2.24) is 15.2 Å². The van der Waals surface area contributed by atoms with Crippen LogP contribution in [-0.2, 0) is 6.54 Å². The number of hydrogen-bond donors (Lipinski definition) is 1. The van der Waals surface area contributed by atoms with Gasteiger partial charge in [0.2, 0.25) is 0 Å². The van der Waals surface area contributed by atoms with Gasteiger partial charge in [0.25, 0.3) is 0 Å². The molecule has 0 spiro atoms. The lowest BCUT2D eigenvalue weighted by molar-refractivity contribution is 0.300. The summed E-state index contributed by atoms with van der Waals surface area (Å²) in [7, 11) is 5.35. The molecule has 1 heterocycles. The van der Waals surface area contributed by atoms with Gasteiger partial charge in [0, 0.05) is 37.9 Å². The maximum atomic E-state index is 5.38. The zero-order valence-corrected chi connectivity index (χ0v) is 12.6. The Bertz CT molecular complexity index is 383. The molecule has 0 bridgehead atoms. The second-order valence-electron chi connectivity index (χ2n) is 4.84. The minimum Gasteiger partial charge on any atom is -0.493 e. The lowest BCUT2D eigenvalue weighted by Crippen LogP contribution is -2.32. The van der Waals surface area contributed by atoms with E-state index in [1.165, 1.54) is 0 Å². The summed E-state index contributed by atoms with van der Waals surface area (Å²) in [4.78, 5) is 6.58. The molecular weight excluding hydrogens is 242 g/mol. The van der Waals surface area contributed by atoms with Crippen LogP contribution in [0.3, 0.4) is 0 Å². The molecule has 0 atom stereocenters. The van der Waals surface area contributed by atoms with Crippen LogP contribution in [0.2, 0.25) is 0 Å². The average Bonchev–Trinajstić information content (AvgIpc) is 2.37. The molecule has 0 saturated heterocycles. The van der Waals surface area contributed by atoms with Crippen LogP contribution in [0.4, 0.5) is 0 Å². The van der Waals surface area contributed by atoms with Crippen molar-refractivity contribution in [3.63, 3.8) is 0 Å². The predicted molar refractivity (Wildman–Crippen MR) is 76.8 cm³/mol. The van der Waals surface area contributed by atoms with Gasteiger partial charge in [-0.05, 0) is 7.05 Å². The Morgan fingerprint density at radius 3 is 2.63 bits per heavy atom. The Hall–Kier alpha value is -1.33. The Morgan fingerprint density at radius 1 is 1.32 bits per heavy atom. The van der Waals surface area contributed by atoms with Gasteiger partial charge in [-0.15, -0.1) is 0 Å². The molecule has 5 nitrogen and oxygen atoms in total. The number of methoxy groups -OCH3 is 2. The van der Waals surface area contributed by atoms with Gasteiger partial charge in [-0.2, -0.15) is 0 Å². The van der Waals surface area contributed by atoms with Gasteiger partial charge in [-0.3, -0.25) is 9.88 Å². The fourth-order valence-electron chi connectivity index (χ4n) is 1.84. The molecule has 0 saturated carbocycles. The van der Waals surface area contributed by atoms with Gasteiger partial charge < -0.3 is 14.8 Å². The lowest BCUT2D eigenvalue weighted by atomic mass is 10.3. The molecule has 0 aromatic carbocycles. The van der Waals surface area contributed by atoms with E-state index in [-0.39, 0.29) is 0 Å². The highest BCUT2D eigenvalue weighted by Gasteiger charge is 2.12. The first-order chi connectivity index (χ1) is 9.08. The number of likely N-dealkylation sites (N-methyl/N-ethyl adjacent to an activating group) is 1. The van der Waals surface area contributed by atoms with Crippen molar-refractivity contribution in [2.24, 2.45) is 0 Å². The number of hydrogen-bond acceptors (Lipinski definition) is 5. The van der Waals surface area contributed by atoms with Crippen LogP contribution >= 0.6 is 0 Å². The molecule has 1 aromatic heterocycles. The highest BCUT2D eigenvalue weighted by atomic mass is 16.5. The number of rotatable bonds is 8. The van der Waals surface area contributed by atoms with Gasteiger partial charge in [0.15, 0.2) is 11.5 Å². The molecule has 1 aromatic rings. The van der Waals surface area contributed by atoms with E-state index in [1.54, 1.807) is 20.4 Å². The summed E-state index contributed by atoms with van der Waals surface area (Å²) in [5.74, 6) is 1.44. The minimum absolute atomic E-state index is 0.512. The number of ether oxygens (including phenoxy) is 2. The van der Waals surface area contributed by atoms with Crippen molar-refractivity contribution in [2.75, 3.05) is 34.4 Å². The third kappa shape index (κ3) is 5.04. The molecule has 19 heavy (non-hydrogen) atoms. The summed E-state index contributed by atoms with van der Waals surface area (Å²) in [6, 6.07) is 2.32. The summed E-state index contributed by atoms with van der Waals surface area (Å²) < 4.78 is 10.7. The van der Waals surface area contributed by atoms with E-state index in [1.807, 2.05) is 6.07 Å². The second-order valence-corrected chi connectivity index (χ2v) is 4.84. The van der Waals surface area contributed by atoms with E-state index in [0.29, 0.717) is 11.8 Å². The molecule has 0 unspecified atom stereocenters. The molecule has 0 amide bonds. The molecule has 0 aliphatic heterocycles. The van der Waals surface area contributed by atoms with Crippen LogP contribution in [-0.4, -0.2) is 50.3 Å². The van der Waals surface area contributed by atoms with Crippen molar-refractivity contribution >= 4 is 0 Å². The van der Waals surface area contributed by atoms with Crippen LogP contribution in [0.15, 0.2) is 12.3 Å². The number of aromatic nitrogens is 1. The van der Waals surface area contributed by atoms with E-state index in [4.69, 9.17) is 9.47 Å². The summed E-state index contributed by atoms with van der Waals surface area (Å²) in [5.41, 5.74) is 0.897. The summed E-state index contributed by atoms with van der Waals surface area (Å²) >= 11 is 0. The Kier molecular flexibility index (Phi) is 6.59. The van der Waals surface area contributed by atoms with Crippen LogP contribution in [0.25, 0.3) is 0 Å². The Morgan fingerprint density at radius 2 is 2.05 bits per heavy atom. The average molecular weight is 267 g/mol. The molecule has 1 N–H and O–H groups in total. The van der Waals surface area contributed by atoms with Crippen molar-refractivity contribution in [1.29, 1.82) is 0 Å². The molecule has 0 aliphatic carbocycles. The normalized spacial score (nSPS) is 11.1. The summed E-state index contributed by atoms with van der Waals surface area (Å²) in [5, 5.41) is 3.40. The zero-order chi connectivity index (χ0) is 14.3. The quantitative estimate of drug-likeness (QED) is 0.774. The van der Waals surface area contributed by atoms with Gasteiger partial charge >= 0.3 is 0 Å². The fourth-order valence-corrected chi connectivity index (χ4v) is 1.84. The van der Waals surface area contributed by atoms with Crippen LogP contribution in [0.1, 0.15) is 19.5 Å². The van der Waals surface area contributed by atoms with E-state index < -0.39 is 0 Å². The molecule has 0 fully saturated rings. The zero-order valence-electron chi connectivity index (χ0n) is 12.6. The van der Waals surface area contributed by atoms with Crippen molar-refractivity contribution in [2.45, 2.75) is 26.4 Å². The topological polar surface area (TPSA) is 46.6 Å². The molecule has 5 heteroatoms. The molecule has 108 valence electrons. The second kappa shape index (κ2) is 7.96. The predicted octanol–water partition coefficient (Wildman–Crippen LogP) is 1.53. The van der Waals surface area contributed by atoms with Crippen molar-refractivity contribution < 1.29 is 9.47 Å². The van der Waals surface area contributed by atoms with E-state index in [9.17, 15) is 0 Å². The first-order valence-corrected chi connectivity index (χ1v) is 6.56.